The van der Waals surface area contributed by atoms with Crippen molar-refractivity contribution in [2.24, 2.45) is 11.7 Å². The molecule has 0 aromatic heterocycles. The quantitative estimate of drug-likeness (QED) is 0.887. The number of nitrogens with two attached hydrogens (primary N) is 1. The van der Waals surface area contributed by atoms with E-state index < -0.39 is 0 Å². The summed E-state index contributed by atoms with van der Waals surface area (Å²) >= 11 is 2.09. The maximum atomic E-state index is 6.02. The number of hydrogen-bond donors (Lipinski definition) is 1. The summed E-state index contributed by atoms with van der Waals surface area (Å²) in [5.74, 6) is 3.98. The fraction of sp³-hybridized carbons (Fsp3) is 0.600. The highest BCUT2D eigenvalue weighted by Crippen LogP contribution is 2.35. The summed E-state index contributed by atoms with van der Waals surface area (Å²) < 4.78 is 0. The van der Waals surface area contributed by atoms with Gasteiger partial charge in [0.05, 0.1) is 0 Å². The summed E-state index contributed by atoms with van der Waals surface area (Å²) in [4.78, 5) is 0. The first-order valence-electron chi connectivity index (χ1n) is 6.57. The van der Waals surface area contributed by atoms with E-state index in [0.717, 1.165) is 12.5 Å². The fourth-order valence-corrected chi connectivity index (χ4v) is 3.86. The second kappa shape index (κ2) is 5.92. The van der Waals surface area contributed by atoms with E-state index in [2.05, 4.69) is 43.8 Å². The third-order valence-electron chi connectivity index (χ3n) is 4.05. The van der Waals surface area contributed by atoms with Crippen LogP contribution in [0.15, 0.2) is 18.2 Å². The van der Waals surface area contributed by atoms with E-state index in [1.807, 2.05) is 0 Å². The monoisotopic (exact) mass is 249 g/mol. The molecule has 1 atom stereocenters. The van der Waals surface area contributed by atoms with Gasteiger partial charge in [0.2, 0.25) is 0 Å². The standard InChI is InChI=1S/C15H23NS/c1-11-3-4-14(9-12(11)2)15(10-16)13-5-7-17-8-6-13/h3-4,9,13,15H,5-8,10,16H2,1-2H3. The molecule has 0 saturated carbocycles. The van der Waals surface area contributed by atoms with Crippen LogP contribution in [0.25, 0.3) is 0 Å². The Morgan fingerprint density at radius 1 is 1.24 bits per heavy atom. The number of rotatable bonds is 3. The first-order valence-corrected chi connectivity index (χ1v) is 7.73. The lowest BCUT2D eigenvalue weighted by atomic mass is 9.81. The van der Waals surface area contributed by atoms with Gasteiger partial charge in [-0.15, -0.1) is 0 Å². The molecule has 1 saturated heterocycles. The van der Waals surface area contributed by atoms with Crippen LogP contribution in [-0.4, -0.2) is 18.1 Å². The van der Waals surface area contributed by atoms with E-state index in [4.69, 9.17) is 5.73 Å². The Hall–Kier alpha value is -0.470. The second-order valence-corrected chi connectivity index (χ2v) is 6.36. The van der Waals surface area contributed by atoms with Crippen molar-refractivity contribution in [1.82, 2.24) is 0 Å². The van der Waals surface area contributed by atoms with Gasteiger partial charge in [0.15, 0.2) is 0 Å². The Bertz CT molecular complexity index is 369. The molecular weight excluding hydrogens is 226 g/mol. The van der Waals surface area contributed by atoms with Crippen molar-refractivity contribution in [3.05, 3.63) is 34.9 Å². The summed E-state index contributed by atoms with van der Waals surface area (Å²) in [7, 11) is 0. The van der Waals surface area contributed by atoms with Gasteiger partial charge in [-0.25, -0.2) is 0 Å². The molecule has 0 radical (unpaired) electrons. The van der Waals surface area contributed by atoms with Crippen molar-refractivity contribution in [1.29, 1.82) is 0 Å². The number of thioether (sulfide) groups is 1. The molecule has 94 valence electrons. The Morgan fingerprint density at radius 3 is 2.53 bits per heavy atom. The van der Waals surface area contributed by atoms with Crippen molar-refractivity contribution in [3.63, 3.8) is 0 Å². The van der Waals surface area contributed by atoms with Crippen molar-refractivity contribution in [2.75, 3.05) is 18.1 Å². The van der Waals surface area contributed by atoms with Crippen molar-refractivity contribution in [3.8, 4) is 0 Å². The Kier molecular flexibility index (Phi) is 4.52. The minimum absolute atomic E-state index is 0.565. The molecule has 1 aliphatic heterocycles. The van der Waals surface area contributed by atoms with Gasteiger partial charge in [-0.05, 0) is 73.3 Å². The van der Waals surface area contributed by atoms with Crippen molar-refractivity contribution < 1.29 is 0 Å². The summed E-state index contributed by atoms with van der Waals surface area (Å²) in [6.07, 6.45) is 2.67. The van der Waals surface area contributed by atoms with Gasteiger partial charge < -0.3 is 5.73 Å². The lowest BCUT2D eigenvalue weighted by Gasteiger charge is -2.30. The average molecular weight is 249 g/mol. The average Bonchev–Trinajstić information content (AvgIpc) is 2.36. The largest absolute Gasteiger partial charge is 0.330 e. The minimum Gasteiger partial charge on any atom is -0.330 e. The molecule has 1 unspecified atom stereocenters. The lowest BCUT2D eigenvalue weighted by molar-refractivity contribution is 0.400. The van der Waals surface area contributed by atoms with E-state index >= 15 is 0 Å². The van der Waals surface area contributed by atoms with Crippen molar-refractivity contribution in [2.45, 2.75) is 32.6 Å². The molecule has 0 aliphatic carbocycles. The molecule has 2 N–H and O–H groups in total. The zero-order valence-electron chi connectivity index (χ0n) is 10.9. The first kappa shape index (κ1) is 13.0. The van der Waals surface area contributed by atoms with Gasteiger partial charge in [-0.3, -0.25) is 0 Å². The highest BCUT2D eigenvalue weighted by molar-refractivity contribution is 7.99. The van der Waals surface area contributed by atoms with Crippen LogP contribution < -0.4 is 5.73 Å². The SMILES string of the molecule is Cc1ccc(C(CN)C2CCSCC2)cc1C. The summed E-state index contributed by atoms with van der Waals surface area (Å²) in [5, 5.41) is 0. The number of hydrogen-bond acceptors (Lipinski definition) is 2. The zero-order chi connectivity index (χ0) is 12.3. The number of benzene rings is 1. The Morgan fingerprint density at radius 2 is 1.94 bits per heavy atom. The Balaban J connectivity index is 2.18. The summed E-state index contributed by atoms with van der Waals surface area (Å²) in [5.41, 5.74) is 10.2. The van der Waals surface area contributed by atoms with Crippen LogP contribution in [-0.2, 0) is 0 Å². The van der Waals surface area contributed by atoms with E-state index in [9.17, 15) is 0 Å². The first-order chi connectivity index (χ1) is 8.22. The zero-order valence-corrected chi connectivity index (χ0v) is 11.7. The van der Waals surface area contributed by atoms with Crippen LogP contribution >= 0.6 is 11.8 Å². The van der Waals surface area contributed by atoms with Gasteiger partial charge >= 0.3 is 0 Å². The fourth-order valence-electron chi connectivity index (χ4n) is 2.71. The molecule has 1 nitrogen and oxygen atoms in total. The smallest absolute Gasteiger partial charge is 0.000555 e. The molecule has 2 heteroatoms. The second-order valence-electron chi connectivity index (χ2n) is 5.14. The molecule has 0 bridgehead atoms. The maximum absolute atomic E-state index is 6.02. The molecule has 1 aliphatic rings. The molecular formula is C15H23NS. The predicted octanol–water partition coefficient (Wildman–Crippen LogP) is 3.49. The maximum Gasteiger partial charge on any atom is -0.000555 e. The molecule has 17 heavy (non-hydrogen) atoms. The highest BCUT2D eigenvalue weighted by Gasteiger charge is 2.24. The third-order valence-corrected chi connectivity index (χ3v) is 5.10. The van der Waals surface area contributed by atoms with Crippen LogP contribution in [0.3, 0.4) is 0 Å². The molecule has 1 aromatic rings. The van der Waals surface area contributed by atoms with E-state index in [1.165, 1.54) is 41.0 Å². The predicted molar refractivity (Wildman–Crippen MR) is 77.8 cm³/mol. The van der Waals surface area contributed by atoms with Crippen LogP contribution in [0.2, 0.25) is 0 Å². The molecule has 0 amide bonds. The lowest BCUT2D eigenvalue weighted by Crippen LogP contribution is -2.25. The summed E-state index contributed by atoms with van der Waals surface area (Å²) in [6, 6.07) is 6.86. The minimum atomic E-state index is 0.565. The molecule has 2 rings (SSSR count). The van der Waals surface area contributed by atoms with Crippen LogP contribution in [0.1, 0.15) is 35.4 Å². The van der Waals surface area contributed by atoms with Crippen LogP contribution in [0.5, 0.6) is 0 Å². The normalized spacial score (nSPS) is 19.2. The van der Waals surface area contributed by atoms with Gasteiger partial charge in [0.25, 0.3) is 0 Å². The number of aryl methyl sites for hydroxylation is 2. The molecule has 0 spiro atoms. The Labute approximate surface area is 109 Å². The third kappa shape index (κ3) is 3.05. The van der Waals surface area contributed by atoms with Crippen LogP contribution in [0, 0.1) is 19.8 Å². The van der Waals surface area contributed by atoms with E-state index in [-0.39, 0.29) is 0 Å². The van der Waals surface area contributed by atoms with E-state index in [0.29, 0.717) is 5.92 Å². The van der Waals surface area contributed by atoms with E-state index in [1.54, 1.807) is 0 Å². The van der Waals surface area contributed by atoms with Crippen LogP contribution in [0.4, 0.5) is 0 Å². The van der Waals surface area contributed by atoms with Gasteiger partial charge in [0.1, 0.15) is 0 Å². The van der Waals surface area contributed by atoms with Crippen molar-refractivity contribution >= 4 is 11.8 Å². The molecule has 1 aromatic carbocycles. The molecule has 1 fully saturated rings. The van der Waals surface area contributed by atoms with Gasteiger partial charge in [-0.2, -0.15) is 11.8 Å². The summed E-state index contributed by atoms with van der Waals surface area (Å²) in [6.45, 7) is 5.16. The topological polar surface area (TPSA) is 26.0 Å². The highest BCUT2D eigenvalue weighted by atomic mass is 32.2. The van der Waals surface area contributed by atoms with Gasteiger partial charge in [0, 0.05) is 0 Å². The van der Waals surface area contributed by atoms with Gasteiger partial charge in [-0.1, -0.05) is 18.2 Å². The molecule has 1 heterocycles.